The maximum atomic E-state index is 4.57. The van der Waals surface area contributed by atoms with Gasteiger partial charge in [-0.2, -0.15) is 0 Å². The summed E-state index contributed by atoms with van der Waals surface area (Å²) in [6.45, 7) is 7.85. The molecule has 118 valence electrons. The molecule has 6 heteroatoms. The zero-order valence-electron chi connectivity index (χ0n) is 13.4. The zero-order chi connectivity index (χ0) is 14.9. The largest absolute Gasteiger partial charge is 0.357 e. The van der Waals surface area contributed by atoms with Crippen molar-refractivity contribution in [1.29, 1.82) is 0 Å². The number of hydrogen-bond donors (Lipinski definition) is 2. The number of guanidine groups is 1. The fourth-order valence-electron chi connectivity index (χ4n) is 2.67. The lowest BCUT2D eigenvalue weighted by atomic mass is 10.2. The highest BCUT2D eigenvalue weighted by Crippen LogP contribution is 2.15. The molecule has 2 N–H and O–H groups in total. The van der Waals surface area contributed by atoms with Gasteiger partial charge in [0.1, 0.15) is 11.6 Å². The van der Waals surface area contributed by atoms with Crippen molar-refractivity contribution in [1.82, 2.24) is 25.4 Å². The standard InChI is InChI=1S/C15H28N6/c1-3-16-15(17-4-2)18-11-8-10-14-20-19-13-9-6-5-7-12-21(13)14/h3-12H2,1-2H3,(H2,16,17,18). The number of fused-ring (bicyclic) bond motifs is 1. The first kappa shape index (κ1) is 15.8. The minimum Gasteiger partial charge on any atom is -0.357 e. The minimum absolute atomic E-state index is 0.817. The lowest BCUT2D eigenvalue weighted by Gasteiger charge is -2.09. The van der Waals surface area contributed by atoms with Crippen LogP contribution in [0.25, 0.3) is 0 Å². The van der Waals surface area contributed by atoms with Crippen LogP contribution in [0.1, 0.15) is 51.2 Å². The number of hydrogen-bond acceptors (Lipinski definition) is 3. The maximum absolute atomic E-state index is 4.57. The van der Waals surface area contributed by atoms with Gasteiger partial charge in [-0.05, 0) is 33.1 Å². The molecule has 2 heterocycles. The molecule has 0 amide bonds. The fourth-order valence-corrected chi connectivity index (χ4v) is 2.67. The van der Waals surface area contributed by atoms with Crippen molar-refractivity contribution >= 4 is 5.96 Å². The third kappa shape index (κ3) is 4.72. The van der Waals surface area contributed by atoms with Gasteiger partial charge in [0, 0.05) is 39.0 Å². The average Bonchev–Trinajstić information content (AvgIpc) is 2.71. The van der Waals surface area contributed by atoms with Gasteiger partial charge in [0.25, 0.3) is 0 Å². The molecule has 0 radical (unpaired) electrons. The molecule has 0 aromatic carbocycles. The van der Waals surface area contributed by atoms with E-state index < -0.39 is 0 Å². The lowest BCUT2D eigenvalue weighted by molar-refractivity contribution is 0.597. The van der Waals surface area contributed by atoms with Gasteiger partial charge in [-0.1, -0.05) is 6.42 Å². The van der Waals surface area contributed by atoms with Gasteiger partial charge in [-0.25, -0.2) is 0 Å². The summed E-state index contributed by atoms with van der Waals surface area (Å²) in [5, 5.41) is 15.2. The molecule has 1 aromatic heterocycles. The topological polar surface area (TPSA) is 67.1 Å². The molecule has 1 aromatic rings. The van der Waals surface area contributed by atoms with Crippen molar-refractivity contribution in [2.24, 2.45) is 4.99 Å². The molecular formula is C15H28N6. The Kier molecular flexibility index (Phi) is 6.50. The number of aromatic nitrogens is 3. The van der Waals surface area contributed by atoms with E-state index in [2.05, 4.69) is 44.2 Å². The van der Waals surface area contributed by atoms with Crippen LogP contribution in [-0.2, 0) is 19.4 Å². The van der Waals surface area contributed by atoms with E-state index in [9.17, 15) is 0 Å². The van der Waals surface area contributed by atoms with Gasteiger partial charge in [0.2, 0.25) is 0 Å². The number of nitrogens with zero attached hydrogens (tertiary/aromatic N) is 4. The van der Waals surface area contributed by atoms with E-state index in [1.807, 2.05) is 0 Å². The first-order valence-electron chi connectivity index (χ1n) is 8.28. The normalized spacial score (nSPS) is 14.2. The summed E-state index contributed by atoms with van der Waals surface area (Å²) in [5.41, 5.74) is 0. The first-order valence-corrected chi connectivity index (χ1v) is 8.28. The van der Waals surface area contributed by atoms with Crippen molar-refractivity contribution in [3.63, 3.8) is 0 Å². The number of rotatable bonds is 6. The third-order valence-electron chi connectivity index (χ3n) is 3.70. The highest BCUT2D eigenvalue weighted by atomic mass is 15.3. The summed E-state index contributed by atoms with van der Waals surface area (Å²) in [5.74, 6) is 3.21. The molecule has 1 aliphatic rings. The van der Waals surface area contributed by atoms with Crippen LogP contribution in [0, 0.1) is 0 Å². The molecule has 0 aliphatic carbocycles. The monoisotopic (exact) mass is 292 g/mol. The van der Waals surface area contributed by atoms with E-state index in [-0.39, 0.29) is 0 Å². The molecule has 0 spiro atoms. The van der Waals surface area contributed by atoms with Crippen LogP contribution in [0.3, 0.4) is 0 Å². The minimum atomic E-state index is 0.817. The molecule has 0 saturated heterocycles. The second-order valence-electron chi connectivity index (χ2n) is 5.39. The van der Waals surface area contributed by atoms with Gasteiger partial charge < -0.3 is 15.2 Å². The molecule has 1 aliphatic heterocycles. The quantitative estimate of drug-likeness (QED) is 0.474. The third-order valence-corrected chi connectivity index (χ3v) is 3.70. The summed E-state index contributed by atoms with van der Waals surface area (Å²) in [4.78, 5) is 4.57. The summed E-state index contributed by atoms with van der Waals surface area (Å²) >= 11 is 0. The Labute approximate surface area is 127 Å². The molecular weight excluding hydrogens is 264 g/mol. The van der Waals surface area contributed by atoms with E-state index in [4.69, 9.17) is 0 Å². The van der Waals surface area contributed by atoms with Crippen molar-refractivity contribution in [3.8, 4) is 0 Å². The number of nitrogens with one attached hydrogen (secondary N) is 2. The molecule has 0 fully saturated rings. The van der Waals surface area contributed by atoms with Crippen molar-refractivity contribution in [2.45, 2.75) is 58.9 Å². The Hall–Kier alpha value is -1.59. The van der Waals surface area contributed by atoms with Crippen LogP contribution < -0.4 is 10.6 Å². The van der Waals surface area contributed by atoms with Gasteiger partial charge in [0.15, 0.2) is 5.96 Å². The molecule has 0 bridgehead atoms. The average molecular weight is 292 g/mol. The summed E-state index contributed by atoms with van der Waals surface area (Å²) in [6.07, 6.45) is 6.86. The second kappa shape index (κ2) is 8.64. The van der Waals surface area contributed by atoms with Gasteiger partial charge in [0.05, 0.1) is 0 Å². The molecule has 6 nitrogen and oxygen atoms in total. The Morgan fingerprint density at radius 1 is 1.14 bits per heavy atom. The fraction of sp³-hybridized carbons (Fsp3) is 0.800. The second-order valence-corrected chi connectivity index (χ2v) is 5.39. The molecule has 0 unspecified atom stereocenters. The van der Waals surface area contributed by atoms with Gasteiger partial charge in [-0.15, -0.1) is 10.2 Å². The van der Waals surface area contributed by atoms with Crippen molar-refractivity contribution in [2.75, 3.05) is 19.6 Å². The molecule has 21 heavy (non-hydrogen) atoms. The molecule has 0 saturated carbocycles. The predicted octanol–water partition coefficient (Wildman–Crippen LogP) is 1.51. The Bertz CT molecular complexity index is 443. The van der Waals surface area contributed by atoms with Crippen molar-refractivity contribution < 1.29 is 0 Å². The highest BCUT2D eigenvalue weighted by Gasteiger charge is 2.13. The SMILES string of the molecule is CCNC(=NCCCc1nnc2n1CCCCC2)NCC. The highest BCUT2D eigenvalue weighted by molar-refractivity contribution is 5.79. The Balaban J connectivity index is 1.83. The lowest BCUT2D eigenvalue weighted by Crippen LogP contribution is -2.37. The van der Waals surface area contributed by atoms with Crippen LogP contribution in [0.15, 0.2) is 4.99 Å². The molecule has 2 rings (SSSR count). The van der Waals surface area contributed by atoms with Crippen LogP contribution in [0.2, 0.25) is 0 Å². The van der Waals surface area contributed by atoms with Crippen LogP contribution in [0.4, 0.5) is 0 Å². The van der Waals surface area contributed by atoms with E-state index in [1.54, 1.807) is 0 Å². The van der Waals surface area contributed by atoms with Crippen LogP contribution >= 0.6 is 0 Å². The van der Waals surface area contributed by atoms with E-state index in [1.165, 1.54) is 25.1 Å². The van der Waals surface area contributed by atoms with E-state index in [0.29, 0.717) is 0 Å². The predicted molar refractivity (Wildman–Crippen MR) is 85.6 cm³/mol. The maximum Gasteiger partial charge on any atom is 0.191 e. The number of aliphatic imine (C=N–C) groups is 1. The summed E-state index contributed by atoms with van der Waals surface area (Å²) < 4.78 is 2.33. The van der Waals surface area contributed by atoms with E-state index in [0.717, 1.165) is 57.2 Å². The van der Waals surface area contributed by atoms with Crippen LogP contribution in [-0.4, -0.2) is 40.4 Å². The number of aryl methyl sites for hydroxylation is 2. The summed E-state index contributed by atoms with van der Waals surface area (Å²) in [6, 6.07) is 0. The van der Waals surface area contributed by atoms with Gasteiger partial charge >= 0.3 is 0 Å². The summed E-state index contributed by atoms with van der Waals surface area (Å²) in [7, 11) is 0. The van der Waals surface area contributed by atoms with E-state index >= 15 is 0 Å². The first-order chi connectivity index (χ1) is 10.3. The van der Waals surface area contributed by atoms with Gasteiger partial charge in [-0.3, -0.25) is 4.99 Å². The smallest absolute Gasteiger partial charge is 0.191 e. The Morgan fingerprint density at radius 3 is 2.71 bits per heavy atom. The van der Waals surface area contributed by atoms with Crippen molar-refractivity contribution in [3.05, 3.63) is 11.6 Å². The zero-order valence-corrected chi connectivity index (χ0v) is 13.4. The Morgan fingerprint density at radius 2 is 1.95 bits per heavy atom. The molecule has 0 atom stereocenters. The van der Waals surface area contributed by atoms with Crippen LogP contribution in [0.5, 0.6) is 0 Å².